The van der Waals surface area contributed by atoms with Crippen LogP contribution in [0.1, 0.15) is 5.56 Å². The summed E-state index contributed by atoms with van der Waals surface area (Å²) < 4.78 is 28.8. The molecule has 2 aromatic carbocycles. The Morgan fingerprint density at radius 3 is 2.71 bits per heavy atom. The smallest absolute Gasteiger partial charge is 0.163 e. The molecule has 0 bridgehead atoms. The first kappa shape index (κ1) is 13.3. The molecular formula is C16H13F2N3. The molecule has 0 amide bonds. The third-order valence-corrected chi connectivity index (χ3v) is 3.23. The van der Waals surface area contributed by atoms with Crippen LogP contribution in [-0.2, 0) is 6.54 Å². The van der Waals surface area contributed by atoms with Crippen LogP contribution in [0.25, 0.3) is 11.4 Å². The largest absolute Gasteiger partial charge is 0.399 e. The number of nitrogens with zero attached hydrogens (tertiary/aromatic N) is 2. The maximum Gasteiger partial charge on any atom is 0.163 e. The molecule has 3 rings (SSSR count). The lowest BCUT2D eigenvalue weighted by Crippen LogP contribution is -2.04. The quantitative estimate of drug-likeness (QED) is 0.749. The highest BCUT2D eigenvalue weighted by Crippen LogP contribution is 2.21. The van der Waals surface area contributed by atoms with E-state index in [4.69, 9.17) is 5.73 Å². The molecule has 5 heteroatoms. The van der Waals surface area contributed by atoms with Crippen molar-refractivity contribution in [2.24, 2.45) is 0 Å². The standard InChI is InChI=1S/C16H13F2N3/c17-14-6-2-4-12(15(14)18)10-21-8-7-20-16(21)11-3-1-5-13(19)9-11/h1-9H,10,19H2. The Kier molecular flexibility index (Phi) is 3.39. The minimum atomic E-state index is -0.849. The Balaban J connectivity index is 1.98. The van der Waals surface area contributed by atoms with E-state index in [0.717, 1.165) is 11.6 Å². The highest BCUT2D eigenvalue weighted by atomic mass is 19.2. The fourth-order valence-electron chi connectivity index (χ4n) is 2.23. The van der Waals surface area contributed by atoms with Gasteiger partial charge in [-0.05, 0) is 18.2 Å². The van der Waals surface area contributed by atoms with Crippen molar-refractivity contribution in [1.82, 2.24) is 9.55 Å². The predicted octanol–water partition coefficient (Wildman–Crippen LogP) is 3.46. The third-order valence-electron chi connectivity index (χ3n) is 3.23. The highest BCUT2D eigenvalue weighted by Gasteiger charge is 2.11. The summed E-state index contributed by atoms with van der Waals surface area (Å²) in [5.74, 6) is -1.02. The van der Waals surface area contributed by atoms with Crippen LogP contribution in [-0.4, -0.2) is 9.55 Å². The second-order valence-electron chi connectivity index (χ2n) is 4.72. The highest BCUT2D eigenvalue weighted by molar-refractivity contribution is 5.61. The molecule has 0 aliphatic rings. The summed E-state index contributed by atoms with van der Waals surface area (Å²) in [4.78, 5) is 4.27. The molecule has 2 N–H and O–H groups in total. The number of imidazole rings is 1. The van der Waals surface area contributed by atoms with Crippen molar-refractivity contribution < 1.29 is 8.78 Å². The van der Waals surface area contributed by atoms with Gasteiger partial charge in [0.15, 0.2) is 11.6 Å². The van der Waals surface area contributed by atoms with Crippen LogP contribution < -0.4 is 5.73 Å². The zero-order valence-corrected chi connectivity index (χ0v) is 11.1. The van der Waals surface area contributed by atoms with Gasteiger partial charge in [0.25, 0.3) is 0 Å². The van der Waals surface area contributed by atoms with Crippen LogP contribution in [0.5, 0.6) is 0 Å². The average molecular weight is 285 g/mol. The van der Waals surface area contributed by atoms with Gasteiger partial charge in [-0.25, -0.2) is 13.8 Å². The van der Waals surface area contributed by atoms with Gasteiger partial charge in [-0.1, -0.05) is 24.3 Å². The van der Waals surface area contributed by atoms with E-state index in [-0.39, 0.29) is 12.1 Å². The van der Waals surface area contributed by atoms with Crippen molar-refractivity contribution >= 4 is 5.69 Å². The zero-order valence-electron chi connectivity index (χ0n) is 11.1. The predicted molar refractivity (Wildman–Crippen MR) is 77.5 cm³/mol. The Bertz CT molecular complexity index is 781. The van der Waals surface area contributed by atoms with Crippen LogP contribution in [0.4, 0.5) is 14.5 Å². The fourth-order valence-corrected chi connectivity index (χ4v) is 2.23. The number of nitrogens with two attached hydrogens (primary N) is 1. The Hall–Kier alpha value is -2.69. The van der Waals surface area contributed by atoms with Crippen molar-refractivity contribution in [2.75, 3.05) is 5.73 Å². The lowest BCUT2D eigenvalue weighted by atomic mass is 10.1. The molecule has 1 aromatic heterocycles. The first-order valence-corrected chi connectivity index (χ1v) is 6.45. The number of anilines is 1. The molecule has 0 spiro atoms. The van der Waals surface area contributed by atoms with Crippen LogP contribution >= 0.6 is 0 Å². The van der Waals surface area contributed by atoms with Gasteiger partial charge < -0.3 is 10.3 Å². The number of hydrogen-bond donors (Lipinski definition) is 1. The van der Waals surface area contributed by atoms with Crippen molar-refractivity contribution in [1.29, 1.82) is 0 Å². The summed E-state index contributed by atoms with van der Waals surface area (Å²) in [5, 5.41) is 0. The van der Waals surface area contributed by atoms with Crippen molar-refractivity contribution in [3.63, 3.8) is 0 Å². The fraction of sp³-hybridized carbons (Fsp3) is 0.0625. The summed E-state index contributed by atoms with van der Waals surface area (Å²) in [6.07, 6.45) is 3.35. The number of halogens is 2. The summed E-state index contributed by atoms with van der Waals surface area (Å²) in [5.41, 5.74) is 7.50. The number of benzene rings is 2. The minimum Gasteiger partial charge on any atom is -0.399 e. The molecule has 0 unspecified atom stereocenters. The molecule has 0 atom stereocenters. The summed E-state index contributed by atoms with van der Waals surface area (Å²) in [6.45, 7) is 0.202. The van der Waals surface area contributed by atoms with E-state index in [0.29, 0.717) is 11.5 Å². The first-order chi connectivity index (χ1) is 10.1. The Morgan fingerprint density at radius 2 is 1.90 bits per heavy atom. The molecule has 0 aliphatic carbocycles. The minimum absolute atomic E-state index is 0.202. The third kappa shape index (κ3) is 2.63. The van der Waals surface area contributed by atoms with Crippen LogP contribution in [0.2, 0.25) is 0 Å². The van der Waals surface area contributed by atoms with Crippen LogP contribution in [0.3, 0.4) is 0 Å². The molecule has 21 heavy (non-hydrogen) atoms. The lowest BCUT2D eigenvalue weighted by molar-refractivity contribution is 0.495. The van der Waals surface area contributed by atoms with Gasteiger partial charge in [-0.3, -0.25) is 0 Å². The van der Waals surface area contributed by atoms with Crippen molar-refractivity contribution in [3.8, 4) is 11.4 Å². The second kappa shape index (κ2) is 5.36. The van der Waals surface area contributed by atoms with E-state index in [1.807, 2.05) is 12.1 Å². The molecule has 0 fully saturated rings. The van der Waals surface area contributed by atoms with Gasteiger partial charge in [0, 0.05) is 29.2 Å². The van der Waals surface area contributed by atoms with E-state index < -0.39 is 11.6 Å². The van der Waals surface area contributed by atoms with Gasteiger partial charge in [0.05, 0.1) is 6.54 Å². The van der Waals surface area contributed by atoms with Gasteiger partial charge >= 0.3 is 0 Å². The monoisotopic (exact) mass is 285 g/mol. The second-order valence-corrected chi connectivity index (χ2v) is 4.72. The van der Waals surface area contributed by atoms with Gasteiger partial charge in [-0.2, -0.15) is 0 Å². The molecule has 1 heterocycles. The maximum atomic E-state index is 13.8. The number of aromatic nitrogens is 2. The van der Waals surface area contributed by atoms with E-state index in [9.17, 15) is 8.78 Å². The van der Waals surface area contributed by atoms with E-state index in [1.54, 1.807) is 35.2 Å². The van der Waals surface area contributed by atoms with Crippen LogP contribution in [0, 0.1) is 11.6 Å². The molecular weight excluding hydrogens is 272 g/mol. The number of nitrogen functional groups attached to an aromatic ring is 1. The Morgan fingerprint density at radius 1 is 1.10 bits per heavy atom. The van der Waals surface area contributed by atoms with Crippen molar-refractivity contribution in [3.05, 3.63) is 72.1 Å². The molecule has 0 saturated heterocycles. The molecule has 0 radical (unpaired) electrons. The molecule has 106 valence electrons. The SMILES string of the molecule is Nc1cccc(-c2nccn2Cc2cccc(F)c2F)c1. The van der Waals surface area contributed by atoms with E-state index >= 15 is 0 Å². The summed E-state index contributed by atoms with van der Waals surface area (Å²) >= 11 is 0. The van der Waals surface area contributed by atoms with Crippen LogP contribution in [0.15, 0.2) is 54.9 Å². The zero-order chi connectivity index (χ0) is 14.8. The normalized spacial score (nSPS) is 10.8. The van der Waals surface area contributed by atoms with Gasteiger partial charge in [0.2, 0.25) is 0 Å². The first-order valence-electron chi connectivity index (χ1n) is 6.45. The Labute approximate surface area is 120 Å². The average Bonchev–Trinajstić information content (AvgIpc) is 2.92. The molecule has 3 aromatic rings. The molecule has 0 saturated carbocycles. The molecule has 0 aliphatic heterocycles. The summed E-state index contributed by atoms with van der Waals surface area (Å²) in [6, 6.07) is 11.4. The maximum absolute atomic E-state index is 13.8. The van der Waals surface area contributed by atoms with Gasteiger partial charge in [0.1, 0.15) is 5.82 Å². The number of hydrogen-bond acceptors (Lipinski definition) is 2. The number of rotatable bonds is 3. The summed E-state index contributed by atoms with van der Waals surface area (Å²) in [7, 11) is 0. The molecule has 3 nitrogen and oxygen atoms in total. The topological polar surface area (TPSA) is 43.8 Å². The lowest BCUT2D eigenvalue weighted by Gasteiger charge is -2.09. The van der Waals surface area contributed by atoms with E-state index in [1.165, 1.54) is 6.07 Å². The van der Waals surface area contributed by atoms with Gasteiger partial charge in [-0.15, -0.1) is 0 Å². The van der Waals surface area contributed by atoms with E-state index in [2.05, 4.69) is 4.98 Å². The van der Waals surface area contributed by atoms with Crippen molar-refractivity contribution in [2.45, 2.75) is 6.54 Å².